The van der Waals surface area contributed by atoms with Gasteiger partial charge < -0.3 is 5.32 Å². The maximum absolute atomic E-state index is 12.7. The van der Waals surface area contributed by atoms with Gasteiger partial charge >= 0.3 is 0 Å². The van der Waals surface area contributed by atoms with Gasteiger partial charge in [-0.1, -0.05) is 18.2 Å². The molecule has 5 nitrogen and oxygen atoms in total. The molecule has 1 atom stereocenters. The van der Waals surface area contributed by atoms with Crippen LogP contribution in [0.3, 0.4) is 0 Å². The van der Waals surface area contributed by atoms with Crippen molar-refractivity contribution in [3.8, 4) is 10.7 Å². The number of nitrogens with one attached hydrogen (secondary N) is 2. The molecule has 0 aliphatic rings. The van der Waals surface area contributed by atoms with Crippen molar-refractivity contribution in [3.63, 3.8) is 0 Å². The van der Waals surface area contributed by atoms with Crippen molar-refractivity contribution in [2.75, 3.05) is 11.6 Å². The van der Waals surface area contributed by atoms with E-state index in [9.17, 15) is 4.79 Å². The first-order valence-electron chi connectivity index (χ1n) is 7.26. The van der Waals surface area contributed by atoms with E-state index in [4.69, 9.17) is 12.2 Å². The smallest absolute Gasteiger partial charge is 0.247 e. The highest BCUT2D eigenvalue weighted by Gasteiger charge is 2.22. The molecule has 2 aromatic heterocycles. The lowest BCUT2D eigenvalue weighted by Crippen LogP contribution is -2.24. The molecule has 0 unspecified atom stereocenters. The summed E-state index contributed by atoms with van der Waals surface area (Å²) >= 11 is 8.47. The van der Waals surface area contributed by atoms with Crippen molar-refractivity contribution < 1.29 is 4.79 Å². The Morgan fingerprint density at radius 3 is 2.88 bits per heavy atom. The molecule has 8 heteroatoms. The summed E-state index contributed by atoms with van der Waals surface area (Å²) in [5.41, 5.74) is 0.800. The molecule has 1 amide bonds. The summed E-state index contributed by atoms with van der Waals surface area (Å²) in [6.07, 6.45) is 1.98. The number of carbonyl (C=O) groups is 1. The normalized spacial score (nSPS) is 12.1. The van der Waals surface area contributed by atoms with Gasteiger partial charge in [0.15, 0.2) is 10.6 Å². The number of amides is 1. The molecule has 0 aliphatic carbocycles. The summed E-state index contributed by atoms with van der Waals surface area (Å²) in [6, 6.07) is 11.1. The number of aromatic amines is 1. The van der Waals surface area contributed by atoms with Gasteiger partial charge in [-0.25, -0.2) is 0 Å². The first-order chi connectivity index (χ1) is 11.6. The molecule has 0 fully saturated rings. The lowest BCUT2D eigenvalue weighted by Gasteiger charge is -2.16. The van der Waals surface area contributed by atoms with Crippen LogP contribution < -0.4 is 5.32 Å². The van der Waals surface area contributed by atoms with Gasteiger partial charge in [0.25, 0.3) is 0 Å². The number of H-pyrrole nitrogens is 1. The molecular weight excluding hydrogens is 360 g/mol. The number of aromatic nitrogens is 3. The first-order valence-corrected chi connectivity index (χ1v) is 9.77. The van der Waals surface area contributed by atoms with Gasteiger partial charge in [-0.2, -0.15) is 5.10 Å². The predicted molar refractivity (Wildman–Crippen MR) is 102 cm³/mol. The predicted octanol–water partition coefficient (Wildman–Crippen LogP) is 4.59. The topological polar surface area (TPSA) is 62.7 Å². The van der Waals surface area contributed by atoms with Crippen LogP contribution in [0.15, 0.2) is 46.7 Å². The Balaban J connectivity index is 1.90. The van der Waals surface area contributed by atoms with Crippen LogP contribution in [0.5, 0.6) is 0 Å². The molecule has 0 bridgehead atoms. The monoisotopic (exact) mass is 376 g/mol. The second-order valence-corrected chi connectivity index (χ2v) is 7.25. The maximum atomic E-state index is 12.7. The molecule has 24 heavy (non-hydrogen) atoms. The van der Waals surface area contributed by atoms with Crippen molar-refractivity contribution in [1.29, 1.82) is 0 Å². The summed E-state index contributed by atoms with van der Waals surface area (Å²) in [4.78, 5) is 14.7. The number of benzene rings is 1. The van der Waals surface area contributed by atoms with E-state index in [0.717, 1.165) is 15.5 Å². The molecule has 1 aromatic carbocycles. The fraction of sp³-hybridized carbons (Fsp3) is 0.188. The van der Waals surface area contributed by atoms with Crippen LogP contribution >= 0.6 is 35.3 Å². The van der Waals surface area contributed by atoms with Crippen molar-refractivity contribution in [1.82, 2.24) is 14.8 Å². The number of hydrogen-bond donors (Lipinski definition) is 2. The summed E-state index contributed by atoms with van der Waals surface area (Å²) in [5, 5.41) is 12.0. The highest BCUT2D eigenvalue weighted by Crippen LogP contribution is 2.28. The van der Waals surface area contributed by atoms with Crippen LogP contribution in [0.2, 0.25) is 0 Å². The fourth-order valence-corrected chi connectivity index (χ4v) is 3.90. The standard InChI is InChI=1S/C16H16N4OS3/c1-10(15(21)17-11-6-3-4-7-12(11)23-2)20-14(18-19-16(20)22)13-8-5-9-24-13/h3-10H,1-2H3,(H,17,21)(H,19,22)/t10-/m1/s1. The third kappa shape index (κ3) is 3.31. The lowest BCUT2D eigenvalue weighted by atomic mass is 10.2. The van der Waals surface area contributed by atoms with Gasteiger partial charge in [0, 0.05) is 4.90 Å². The SMILES string of the molecule is CSc1ccccc1NC(=O)[C@@H](C)n1c(-c2cccs2)n[nH]c1=S. The van der Waals surface area contributed by atoms with Crippen LogP contribution in [0, 0.1) is 4.77 Å². The Labute approximate surface area is 153 Å². The zero-order chi connectivity index (χ0) is 17.1. The number of anilines is 1. The van der Waals surface area contributed by atoms with E-state index >= 15 is 0 Å². The van der Waals surface area contributed by atoms with Gasteiger partial charge in [-0.15, -0.1) is 23.1 Å². The number of nitrogens with zero attached hydrogens (tertiary/aromatic N) is 2. The van der Waals surface area contributed by atoms with Crippen LogP contribution in [0.4, 0.5) is 5.69 Å². The van der Waals surface area contributed by atoms with E-state index in [0.29, 0.717) is 10.6 Å². The second-order valence-electron chi connectivity index (χ2n) is 5.07. The van der Waals surface area contributed by atoms with Gasteiger partial charge in [-0.3, -0.25) is 14.5 Å². The molecule has 124 valence electrons. The molecule has 0 radical (unpaired) electrons. The Bertz CT molecular complexity index is 898. The van der Waals surface area contributed by atoms with Crippen molar-refractivity contribution in [3.05, 3.63) is 46.5 Å². The lowest BCUT2D eigenvalue weighted by molar-refractivity contribution is -0.118. The maximum Gasteiger partial charge on any atom is 0.247 e. The zero-order valence-electron chi connectivity index (χ0n) is 13.1. The minimum atomic E-state index is -0.483. The summed E-state index contributed by atoms with van der Waals surface area (Å²) in [7, 11) is 0. The molecule has 2 heterocycles. The minimum Gasteiger partial charge on any atom is -0.323 e. The van der Waals surface area contributed by atoms with Crippen LogP contribution in [-0.2, 0) is 4.79 Å². The number of carbonyl (C=O) groups excluding carboxylic acids is 1. The molecule has 0 saturated heterocycles. The summed E-state index contributed by atoms with van der Waals surface area (Å²) in [6.45, 7) is 1.82. The summed E-state index contributed by atoms with van der Waals surface area (Å²) < 4.78 is 2.18. The summed E-state index contributed by atoms with van der Waals surface area (Å²) in [5.74, 6) is 0.544. The zero-order valence-corrected chi connectivity index (χ0v) is 15.6. The van der Waals surface area contributed by atoms with Crippen LogP contribution in [0.1, 0.15) is 13.0 Å². The van der Waals surface area contributed by atoms with Gasteiger partial charge in [0.2, 0.25) is 5.91 Å². The third-order valence-electron chi connectivity index (χ3n) is 3.58. The fourth-order valence-electron chi connectivity index (χ4n) is 2.35. The Hall–Kier alpha value is -1.90. The largest absolute Gasteiger partial charge is 0.323 e. The number of rotatable bonds is 5. The molecule has 2 N–H and O–H groups in total. The van der Waals surface area contributed by atoms with E-state index in [1.807, 2.05) is 55.0 Å². The molecule has 0 aliphatic heterocycles. The van der Waals surface area contributed by atoms with E-state index in [1.54, 1.807) is 27.7 Å². The highest BCUT2D eigenvalue weighted by atomic mass is 32.2. The minimum absolute atomic E-state index is 0.133. The van der Waals surface area contributed by atoms with Crippen LogP contribution in [0.25, 0.3) is 10.7 Å². The Kier molecular flexibility index (Phi) is 5.17. The number of thioether (sulfide) groups is 1. The Morgan fingerprint density at radius 2 is 2.17 bits per heavy atom. The van der Waals surface area contributed by atoms with Crippen molar-refractivity contribution in [2.24, 2.45) is 0 Å². The van der Waals surface area contributed by atoms with Crippen LogP contribution in [-0.4, -0.2) is 26.9 Å². The molecule has 0 spiro atoms. The Morgan fingerprint density at radius 1 is 1.38 bits per heavy atom. The molecule has 0 saturated carbocycles. The second kappa shape index (κ2) is 7.33. The molecule has 3 rings (SSSR count). The number of para-hydroxylation sites is 1. The van der Waals surface area contributed by atoms with Gasteiger partial charge in [0.1, 0.15) is 6.04 Å². The van der Waals surface area contributed by atoms with Gasteiger partial charge in [-0.05, 0) is 49.0 Å². The average Bonchev–Trinajstić information content (AvgIpc) is 3.24. The first kappa shape index (κ1) is 16.9. The third-order valence-corrected chi connectivity index (χ3v) is 5.53. The van der Waals surface area contributed by atoms with E-state index < -0.39 is 6.04 Å². The van der Waals surface area contributed by atoms with Gasteiger partial charge in [0.05, 0.1) is 10.6 Å². The van der Waals surface area contributed by atoms with E-state index in [2.05, 4.69) is 15.5 Å². The quantitative estimate of drug-likeness (QED) is 0.505. The number of hydrogen-bond acceptors (Lipinski definition) is 5. The molecule has 3 aromatic rings. The van der Waals surface area contributed by atoms with Crippen molar-refractivity contribution in [2.45, 2.75) is 17.9 Å². The van der Waals surface area contributed by atoms with Crippen molar-refractivity contribution >= 4 is 46.9 Å². The van der Waals surface area contributed by atoms with E-state index in [-0.39, 0.29) is 5.91 Å². The number of thiophene rings is 1. The highest BCUT2D eigenvalue weighted by molar-refractivity contribution is 7.98. The molecular formula is C16H16N4OS3. The van der Waals surface area contributed by atoms with E-state index in [1.165, 1.54) is 0 Å². The average molecular weight is 377 g/mol.